The van der Waals surface area contributed by atoms with E-state index in [-0.39, 0.29) is 0 Å². The minimum atomic E-state index is 0.298. The number of aryl methyl sites for hydroxylation is 1. The Morgan fingerprint density at radius 2 is 1.94 bits per heavy atom. The van der Waals surface area contributed by atoms with Gasteiger partial charge < -0.3 is 10.1 Å². The molecule has 2 nitrogen and oxygen atoms in total. The number of rotatable bonds is 4. The minimum Gasteiger partial charge on any atom is -0.496 e. The molecule has 2 heteroatoms. The molecule has 0 radical (unpaired) electrons. The first-order chi connectivity index (χ1) is 7.83. The summed E-state index contributed by atoms with van der Waals surface area (Å²) in [5.41, 5.74) is 2.75. The number of hydrogen-bond donors (Lipinski definition) is 1. The van der Waals surface area contributed by atoms with Gasteiger partial charge in [-0.2, -0.15) is 0 Å². The molecular formula is C15H25NO. The molecule has 17 heavy (non-hydrogen) atoms. The first-order valence-electron chi connectivity index (χ1n) is 6.21. The Hall–Kier alpha value is -1.02. The van der Waals surface area contributed by atoms with Gasteiger partial charge in [-0.25, -0.2) is 0 Å². The zero-order chi connectivity index (χ0) is 13.1. The summed E-state index contributed by atoms with van der Waals surface area (Å²) in [6, 6.07) is 6.68. The van der Waals surface area contributed by atoms with Crippen molar-refractivity contribution in [3.05, 3.63) is 29.3 Å². The van der Waals surface area contributed by atoms with E-state index in [0.717, 1.165) is 12.3 Å². The molecule has 0 saturated carbocycles. The second kappa shape index (κ2) is 5.54. The Labute approximate surface area is 105 Å². The van der Waals surface area contributed by atoms with Crippen molar-refractivity contribution in [1.82, 2.24) is 5.32 Å². The Bertz CT molecular complexity index is 366. The van der Waals surface area contributed by atoms with Crippen molar-refractivity contribution in [2.24, 2.45) is 5.41 Å². The summed E-state index contributed by atoms with van der Waals surface area (Å²) in [4.78, 5) is 0. The topological polar surface area (TPSA) is 21.3 Å². The van der Waals surface area contributed by atoms with Crippen molar-refractivity contribution < 1.29 is 4.74 Å². The van der Waals surface area contributed by atoms with E-state index in [4.69, 9.17) is 4.74 Å². The predicted octanol–water partition coefficient (Wildman–Crippen LogP) is 3.70. The molecule has 0 saturated heterocycles. The van der Waals surface area contributed by atoms with Crippen molar-refractivity contribution in [3.8, 4) is 5.75 Å². The van der Waals surface area contributed by atoms with E-state index in [0.29, 0.717) is 11.5 Å². The molecule has 0 bridgehead atoms. The molecule has 1 atom stereocenters. The maximum atomic E-state index is 5.44. The molecule has 1 N–H and O–H groups in total. The van der Waals surface area contributed by atoms with Crippen LogP contribution in [-0.4, -0.2) is 13.7 Å². The van der Waals surface area contributed by atoms with Crippen LogP contribution in [-0.2, 0) is 0 Å². The van der Waals surface area contributed by atoms with Gasteiger partial charge in [0.05, 0.1) is 7.11 Å². The number of methoxy groups -OCH3 is 1. The van der Waals surface area contributed by atoms with Crippen LogP contribution >= 0.6 is 0 Å². The lowest BCUT2D eigenvalue weighted by molar-refractivity contribution is 0.351. The first-order valence-corrected chi connectivity index (χ1v) is 6.21. The third-order valence-electron chi connectivity index (χ3n) is 2.79. The number of benzene rings is 1. The second-order valence-corrected chi connectivity index (χ2v) is 5.91. The van der Waals surface area contributed by atoms with Crippen molar-refractivity contribution in [2.45, 2.75) is 40.7 Å². The van der Waals surface area contributed by atoms with E-state index < -0.39 is 0 Å². The van der Waals surface area contributed by atoms with Crippen molar-refractivity contribution in [1.29, 1.82) is 0 Å². The van der Waals surface area contributed by atoms with E-state index in [1.54, 1.807) is 7.11 Å². The summed E-state index contributed by atoms with van der Waals surface area (Å²) >= 11 is 0. The van der Waals surface area contributed by atoms with Gasteiger partial charge in [-0.3, -0.25) is 0 Å². The maximum absolute atomic E-state index is 5.44. The van der Waals surface area contributed by atoms with Gasteiger partial charge in [0, 0.05) is 18.2 Å². The standard InChI is InChI=1S/C15H25NO/c1-11-7-8-13(14(9-11)17-6)12(2)16-10-15(3,4)5/h7-9,12,16H,10H2,1-6H3. The van der Waals surface area contributed by atoms with Crippen LogP contribution in [0.3, 0.4) is 0 Å². The SMILES string of the molecule is COc1cc(C)ccc1C(C)NCC(C)(C)C. The van der Waals surface area contributed by atoms with Crippen LogP contribution in [0.1, 0.15) is 44.9 Å². The molecule has 1 aromatic rings. The summed E-state index contributed by atoms with van der Waals surface area (Å²) in [6.07, 6.45) is 0. The van der Waals surface area contributed by atoms with E-state index in [1.165, 1.54) is 11.1 Å². The Balaban J connectivity index is 2.78. The highest BCUT2D eigenvalue weighted by Gasteiger charge is 2.15. The monoisotopic (exact) mass is 235 g/mol. The number of hydrogen-bond acceptors (Lipinski definition) is 2. The predicted molar refractivity (Wildman–Crippen MR) is 73.6 cm³/mol. The molecule has 0 aromatic heterocycles. The smallest absolute Gasteiger partial charge is 0.123 e. The van der Waals surface area contributed by atoms with E-state index in [1.807, 2.05) is 0 Å². The molecule has 0 amide bonds. The summed E-state index contributed by atoms with van der Waals surface area (Å²) in [7, 11) is 1.73. The van der Waals surface area contributed by atoms with Crippen molar-refractivity contribution in [3.63, 3.8) is 0 Å². The molecule has 0 aliphatic heterocycles. The van der Waals surface area contributed by atoms with E-state index in [9.17, 15) is 0 Å². The summed E-state index contributed by atoms with van der Waals surface area (Å²) < 4.78 is 5.44. The summed E-state index contributed by atoms with van der Waals surface area (Å²) in [5, 5.41) is 3.55. The zero-order valence-corrected chi connectivity index (χ0v) is 11.9. The highest BCUT2D eigenvalue weighted by atomic mass is 16.5. The third-order valence-corrected chi connectivity index (χ3v) is 2.79. The van der Waals surface area contributed by atoms with Crippen molar-refractivity contribution in [2.75, 3.05) is 13.7 Å². The lowest BCUT2D eigenvalue weighted by Gasteiger charge is -2.24. The molecule has 1 aromatic carbocycles. The van der Waals surface area contributed by atoms with Gasteiger partial charge in [0.15, 0.2) is 0 Å². The Kier molecular flexibility index (Phi) is 4.58. The van der Waals surface area contributed by atoms with Gasteiger partial charge in [0.1, 0.15) is 5.75 Å². The van der Waals surface area contributed by atoms with Gasteiger partial charge in [0.25, 0.3) is 0 Å². The van der Waals surface area contributed by atoms with Crippen LogP contribution in [0.4, 0.5) is 0 Å². The van der Waals surface area contributed by atoms with Crippen LogP contribution in [0.15, 0.2) is 18.2 Å². The molecule has 0 spiro atoms. The second-order valence-electron chi connectivity index (χ2n) is 5.91. The number of ether oxygens (including phenoxy) is 1. The van der Waals surface area contributed by atoms with Gasteiger partial charge in [0.2, 0.25) is 0 Å². The van der Waals surface area contributed by atoms with Gasteiger partial charge >= 0.3 is 0 Å². The zero-order valence-electron chi connectivity index (χ0n) is 11.9. The van der Waals surface area contributed by atoms with Crippen LogP contribution in [0, 0.1) is 12.3 Å². The molecule has 0 aliphatic rings. The fourth-order valence-corrected chi connectivity index (χ4v) is 1.75. The molecular weight excluding hydrogens is 210 g/mol. The molecule has 1 unspecified atom stereocenters. The molecule has 1 rings (SSSR count). The average Bonchev–Trinajstić information content (AvgIpc) is 2.24. The van der Waals surface area contributed by atoms with Gasteiger partial charge in [-0.1, -0.05) is 32.9 Å². The molecule has 0 heterocycles. The van der Waals surface area contributed by atoms with Gasteiger partial charge in [-0.15, -0.1) is 0 Å². The largest absolute Gasteiger partial charge is 0.496 e. The highest BCUT2D eigenvalue weighted by Crippen LogP contribution is 2.26. The van der Waals surface area contributed by atoms with E-state index >= 15 is 0 Å². The summed E-state index contributed by atoms with van der Waals surface area (Å²) in [6.45, 7) is 12.0. The van der Waals surface area contributed by atoms with E-state index in [2.05, 4.69) is 58.1 Å². The lowest BCUT2D eigenvalue weighted by Crippen LogP contribution is -2.29. The Morgan fingerprint density at radius 1 is 1.29 bits per heavy atom. The van der Waals surface area contributed by atoms with Crippen LogP contribution in [0.2, 0.25) is 0 Å². The minimum absolute atomic E-state index is 0.298. The average molecular weight is 235 g/mol. The Morgan fingerprint density at radius 3 is 2.47 bits per heavy atom. The van der Waals surface area contributed by atoms with Crippen LogP contribution < -0.4 is 10.1 Å². The number of nitrogens with one attached hydrogen (secondary N) is 1. The quantitative estimate of drug-likeness (QED) is 0.859. The highest BCUT2D eigenvalue weighted by molar-refractivity contribution is 5.39. The molecule has 0 aliphatic carbocycles. The van der Waals surface area contributed by atoms with Crippen molar-refractivity contribution >= 4 is 0 Å². The summed E-state index contributed by atoms with van der Waals surface area (Å²) in [5.74, 6) is 0.971. The fraction of sp³-hybridized carbons (Fsp3) is 0.600. The van der Waals surface area contributed by atoms with Crippen LogP contribution in [0.25, 0.3) is 0 Å². The fourth-order valence-electron chi connectivity index (χ4n) is 1.75. The van der Waals surface area contributed by atoms with Gasteiger partial charge in [-0.05, 0) is 30.9 Å². The third kappa shape index (κ3) is 4.39. The molecule has 0 fully saturated rings. The molecule has 96 valence electrons. The first kappa shape index (κ1) is 14.0. The maximum Gasteiger partial charge on any atom is 0.123 e. The lowest BCUT2D eigenvalue weighted by atomic mass is 9.95. The normalized spacial score (nSPS) is 13.5. The van der Waals surface area contributed by atoms with Crippen LogP contribution in [0.5, 0.6) is 5.75 Å².